The van der Waals surface area contributed by atoms with Crippen LogP contribution in [0.5, 0.6) is 5.75 Å². The van der Waals surface area contributed by atoms with Crippen LogP contribution in [-0.4, -0.2) is 54.4 Å². The van der Waals surface area contributed by atoms with Crippen molar-refractivity contribution in [2.45, 2.75) is 18.8 Å². The third-order valence-corrected chi connectivity index (χ3v) is 5.70. The summed E-state index contributed by atoms with van der Waals surface area (Å²) in [5.74, 6) is -0.244. The summed E-state index contributed by atoms with van der Waals surface area (Å²) in [4.78, 5) is 30.6. The Morgan fingerprint density at radius 3 is 2.17 bits per heavy atom. The van der Waals surface area contributed by atoms with E-state index in [4.69, 9.17) is 19.5 Å². The van der Waals surface area contributed by atoms with Crippen molar-refractivity contribution < 1.29 is 39.0 Å². The van der Waals surface area contributed by atoms with Gasteiger partial charge in [-0.1, -0.05) is 28.1 Å². The molecule has 0 bridgehead atoms. The number of imide groups is 1. The van der Waals surface area contributed by atoms with Crippen molar-refractivity contribution in [1.29, 1.82) is 0 Å². The number of hydrogen-bond donors (Lipinski definition) is 1. The first kappa shape index (κ1) is 28.4. The lowest BCUT2D eigenvalue weighted by Gasteiger charge is -2.30. The van der Waals surface area contributed by atoms with E-state index in [2.05, 4.69) is 52.2 Å². The molecule has 188 valence electrons. The molecule has 9 nitrogen and oxygen atoms in total. The fourth-order valence-electron chi connectivity index (χ4n) is 3.47. The third-order valence-electron chi connectivity index (χ3n) is 4.98. The molecule has 2 heterocycles. The predicted molar refractivity (Wildman–Crippen MR) is 132 cm³/mol. The number of benzene rings is 2. The summed E-state index contributed by atoms with van der Waals surface area (Å²) in [5.41, 5.74) is 1.57. The van der Waals surface area contributed by atoms with Gasteiger partial charge < -0.3 is 19.1 Å². The number of ether oxygens (including phenoxy) is 3. The minimum absolute atomic E-state index is 0.266. The van der Waals surface area contributed by atoms with Gasteiger partial charge in [-0.25, -0.2) is 5.26 Å². The average molecular weight is 550 g/mol. The summed E-state index contributed by atoms with van der Waals surface area (Å²) in [6, 6.07) is 11.8. The number of fused-ring (bicyclic) bond motifs is 1. The maximum Gasteiger partial charge on any atom is 0.261 e. The summed E-state index contributed by atoms with van der Waals surface area (Å²) < 4.78 is 18.0. The van der Waals surface area contributed by atoms with E-state index in [-0.39, 0.29) is 24.5 Å². The van der Waals surface area contributed by atoms with E-state index in [9.17, 15) is 9.59 Å². The number of carbonyl (C=O) groups is 2. The molecule has 2 aliphatic heterocycles. The molecule has 0 atom stereocenters. The molecule has 0 unspecified atom stereocenters. The molecule has 0 aliphatic carbocycles. The van der Waals surface area contributed by atoms with Crippen molar-refractivity contribution in [2.24, 2.45) is 0 Å². The zero-order chi connectivity index (χ0) is 25.8. The highest BCUT2D eigenvalue weighted by atomic mass is 79.9. The van der Waals surface area contributed by atoms with Crippen LogP contribution in [0.4, 0.5) is 0 Å². The Morgan fingerprint density at radius 1 is 1.00 bits per heavy atom. The molecule has 0 spiro atoms. The lowest BCUT2D eigenvalue weighted by Crippen LogP contribution is -2.35. The van der Waals surface area contributed by atoms with Gasteiger partial charge >= 0.3 is 0 Å². The number of hydrogen-bond acceptors (Lipinski definition) is 8. The van der Waals surface area contributed by atoms with Crippen molar-refractivity contribution in [1.82, 2.24) is 4.90 Å². The van der Waals surface area contributed by atoms with Crippen LogP contribution in [0.15, 0.2) is 73.3 Å². The zero-order valence-corrected chi connectivity index (χ0v) is 20.8. The minimum Gasteiger partial charge on any atom is -0.373 e. The summed E-state index contributed by atoms with van der Waals surface area (Å²) in [7, 11) is 0. The van der Waals surface area contributed by atoms with E-state index >= 15 is 0 Å². The Hall–Kier alpha value is -2.86. The minimum atomic E-state index is -0.630. The van der Waals surface area contributed by atoms with Crippen molar-refractivity contribution in [3.63, 3.8) is 0 Å². The SMILES string of the molecule is C=C.C=C.O=C1c2ccccc2C(=O)N1CCCOC1COC(c2cc(OOO)ccc2Br)OC1. The standard InChI is InChI=1S/C21H20BrNO8.2C2H4/c22-18-7-6-13(30-31-26)10-17(18)21-28-11-14(12-29-21)27-9-3-8-23-19(24)15-4-1-2-5-16(15)20(23)25;2*1-2/h1-2,4-7,10,14,21,26H,3,8-9,11-12H2;2*1-2H2. The molecular formula is C25H28BrNO8. The fraction of sp³-hybridized carbons (Fsp3) is 0.280. The van der Waals surface area contributed by atoms with Gasteiger partial charge in [0.05, 0.1) is 24.3 Å². The van der Waals surface area contributed by atoms with Crippen LogP contribution in [-0.2, 0) is 19.2 Å². The number of rotatable bonds is 8. The average Bonchev–Trinajstić information content (AvgIpc) is 3.15. The topological polar surface area (TPSA) is 104 Å². The first-order chi connectivity index (χ1) is 17.1. The van der Waals surface area contributed by atoms with E-state index in [1.807, 2.05) is 0 Å². The monoisotopic (exact) mass is 549 g/mol. The van der Waals surface area contributed by atoms with Crippen molar-refractivity contribution in [3.8, 4) is 5.75 Å². The second-order valence-electron chi connectivity index (χ2n) is 6.99. The molecule has 1 fully saturated rings. The molecule has 1 saturated heterocycles. The van der Waals surface area contributed by atoms with E-state index in [1.165, 1.54) is 4.90 Å². The summed E-state index contributed by atoms with van der Waals surface area (Å²) in [6.07, 6.45) is -0.385. The number of carbonyl (C=O) groups excluding carboxylic acids is 2. The molecule has 2 aliphatic rings. The van der Waals surface area contributed by atoms with Crippen molar-refractivity contribution >= 4 is 27.7 Å². The molecule has 35 heavy (non-hydrogen) atoms. The quantitative estimate of drug-likeness (QED) is 0.162. The summed E-state index contributed by atoms with van der Waals surface area (Å²) >= 11 is 3.43. The van der Waals surface area contributed by atoms with Crippen LogP contribution in [0.3, 0.4) is 0 Å². The number of nitrogens with zero attached hydrogens (tertiary/aromatic N) is 1. The van der Waals surface area contributed by atoms with Gasteiger partial charge in [-0.05, 0) is 41.8 Å². The maximum absolute atomic E-state index is 12.4. The maximum atomic E-state index is 12.4. The van der Waals surface area contributed by atoms with Gasteiger partial charge in [0.25, 0.3) is 11.8 Å². The predicted octanol–water partition coefficient (Wildman–Crippen LogP) is 4.95. The number of halogens is 1. The molecule has 2 amide bonds. The lowest BCUT2D eigenvalue weighted by molar-refractivity contribution is -0.438. The van der Waals surface area contributed by atoms with Crippen molar-refractivity contribution in [3.05, 3.63) is 89.9 Å². The first-order valence-electron chi connectivity index (χ1n) is 10.7. The fourth-order valence-corrected chi connectivity index (χ4v) is 3.91. The molecule has 0 radical (unpaired) electrons. The molecule has 0 aromatic heterocycles. The normalized spacial score (nSPS) is 18.6. The molecule has 10 heteroatoms. The van der Waals surface area contributed by atoms with Gasteiger partial charge in [0.15, 0.2) is 12.0 Å². The smallest absolute Gasteiger partial charge is 0.261 e. The Balaban J connectivity index is 0.00000103. The second kappa shape index (κ2) is 14.5. The molecule has 4 rings (SSSR count). The second-order valence-corrected chi connectivity index (χ2v) is 7.85. The van der Waals surface area contributed by atoms with Crippen LogP contribution < -0.4 is 4.89 Å². The molecule has 1 N–H and O–H groups in total. The van der Waals surface area contributed by atoms with E-state index < -0.39 is 6.29 Å². The lowest BCUT2D eigenvalue weighted by atomic mass is 10.1. The van der Waals surface area contributed by atoms with Crippen LogP contribution in [0.1, 0.15) is 39.0 Å². The van der Waals surface area contributed by atoms with Gasteiger partial charge in [-0.2, -0.15) is 0 Å². The van der Waals surface area contributed by atoms with E-state index in [0.717, 1.165) is 4.47 Å². The van der Waals surface area contributed by atoms with Gasteiger partial charge in [-0.15, -0.1) is 26.3 Å². The van der Waals surface area contributed by atoms with E-state index in [1.54, 1.807) is 42.5 Å². The van der Waals surface area contributed by atoms with Gasteiger partial charge in [0.2, 0.25) is 0 Å². The Bertz CT molecular complexity index is 956. The summed E-state index contributed by atoms with van der Waals surface area (Å²) in [6.45, 7) is 13.3. The summed E-state index contributed by atoms with van der Waals surface area (Å²) in [5, 5.41) is 12.1. The highest BCUT2D eigenvalue weighted by Crippen LogP contribution is 2.33. The van der Waals surface area contributed by atoms with Gasteiger partial charge in [0, 0.05) is 23.2 Å². The van der Waals surface area contributed by atoms with Crippen LogP contribution >= 0.6 is 15.9 Å². The molecule has 2 aromatic carbocycles. The zero-order valence-electron chi connectivity index (χ0n) is 19.2. The molecule has 0 saturated carbocycles. The van der Waals surface area contributed by atoms with Crippen LogP contribution in [0, 0.1) is 0 Å². The molecular weight excluding hydrogens is 522 g/mol. The highest BCUT2D eigenvalue weighted by molar-refractivity contribution is 9.10. The van der Waals surface area contributed by atoms with E-state index in [0.29, 0.717) is 48.7 Å². The van der Waals surface area contributed by atoms with Crippen molar-refractivity contribution in [2.75, 3.05) is 26.4 Å². The third kappa shape index (κ3) is 7.07. The van der Waals surface area contributed by atoms with Crippen LogP contribution in [0.2, 0.25) is 0 Å². The Morgan fingerprint density at radius 2 is 1.60 bits per heavy atom. The van der Waals surface area contributed by atoms with Gasteiger partial charge in [0.1, 0.15) is 6.10 Å². The first-order valence-corrected chi connectivity index (χ1v) is 11.5. The largest absolute Gasteiger partial charge is 0.373 e. The molecule has 2 aromatic rings. The highest BCUT2D eigenvalue weighted by Gasteiger charge is 2.34. The van der Waals surface area contributed by atoms with Gasteiger partial charge in [-0.3, -0.25) is 14.5 Å². The Labute approximate surface area is 212 Å². The number of amides is 2. The Kier molecular flexibility index (Phi) is 11.8. The van der Waals surface area contributed by atoms with Crippen LogP contribution in [0.25, 0.3) is 0 Å².